The van der Waals surface area contributed by atoms with Crippen molar-refractivity contribution in [2.75, 3.05) is 11.1 Å². The largest absolute Gasteiger partial charge is 0.296 e. The molecule has 0 saturated heterocycles. The molecule has 9 heteroatoms. The zero-order valence-electron chi connectivity index (χ0n) is 12.7. The molecule has 0 aromatic carbocycles. The third kappa shape index (κ3) is 3.61. The summed E-state index contributed by atoms with van der Waals surface area (Å²) in [6, 6.07) is 0. The van der Waals surface area contributed by atoms with Gasteiger partial charge in [-0.15, -0.1) is 10.2 Å². The van der Waals surface area contributed by atoms with Crippen LogP contribution in [0.5, 0.6) is 0 Å². The molecule has 1 aliphatic heterocycles. The fourth-order valence-corrected chi connectivity index (χ4v) is 3.96. The minimum atomic E-state index is -0.481. The van der Waals surface area contributed by atoms with Crippen LogP contribution in [-0.4, -0.2) is 31.4 Å². The average Bonchev–Trinajstić information content (AvgIpc) is 3.17. The number of rotatable bonds is 6. The molecule has 3 heterocycles. The van der Waals surface area contributed by atoms with Crippen molar-refractivity contribution in [3.8, 4) is 0 Å². The number of carbonyl (C=O) groups is 1. The molecule has 0 radical (unpaired) electrons. The Morgan fingerprint density at radius 3 is 3.09 bits per heavy atom. The van der Waals surface area contributed by atoms with Crippen LogP contribution < -0.4 is 10.9 Å². The van der Waals surface area contributed by atoms with E-state index in [9.17, 15) is 9.59 Å². The Balaban J connectivity index is 1.69. The molecular weight excluding hydrogens is 334 g/mol. The Hall–Kier alpha value is -1.74. The van der Waals surface area contributed by atoms with E-state index in [0.717, 1.165) is 36.4 Å². The molecule has 1 N–H and O–H groups in total. The predicted octanol–water partition coefficient (Wildman–Crippen LogP) is 2.19. The molecule has 0 saturated carbocycles. The van der Waals surface area contributed by atoms with Crippen molar-refractivity contribution >= 4 is 34.1 Å². The quantitative estimate of drug-likeness (QED) is 0.634. The number of aryl methyl sites for hydroxylation is 1. The Labute approximate surface area is 141 Å². The molecule has 122 valence electrons. The zero-order chi connectivity index (χ0) is 16.2. The molecule has 7 nitrogen and oxygen atoms in total. The highest BCUT2D eigenvalue weighted by atomic mass is 32.2. The number of anilines is 1. The molecule has 0 bridgehead atoms. The summed E-state index contributed by atoms with van der Waals surface area (Å²) in [5, 5.41) is 12.7. The Morgan fingerprint density at radius 1 is 1.39 bits per heavy atom. The fraction of sp³-hybridized carbons (Fsp3) is 0.500. The van der Waals surface area contributed by atoms with Gasteiger partial charge in [0.15, 0.2) is 5.16 Å². The Bertz CT molecular complexity index is 771. The summed E-state index contributed by atoms with van der Waals surface area (Å²) in [5.74, 6) is 0.330. The molecule has 0 atom stereocenters. The van der Waals surface area contributed by atoms with Crippen LogP contribution >= 0.6 is 23.1 Å². The predicted molar refractivity (Wildman–Crippen MR) is 90.3 cm³/mol. The number of carbonyl (C=O) groups excluding carboxylic acids is 1. The third-order valence-corrected chi connectivity index (χ3v) is 5.35. The first-order chi connectivity index (χ1) is 11.2. The van der Waals surface area contributed by atoms with Crippen molar-refractivity contribution in [3.63, 3.8) is 0 Å². The number of unbranched alkanes of at least 4 members (excludes halogenated alkanes) is 2. The summed E-state index contributed by atoms with van der Waals surface area (Å²) < 4.78 is 1.54. The summed E-state index contributed by atoms with van der Waals surface area (Å²) in [7, 11) is 0. The average molecular weight is 351 g/mol. The maximum atomic E-state index is 12.3. The molecule has 1 aliphatic rings. The lowest BCUT2D eigenvalue weighted by Gasteiger charge is -2.04. The number of nitrogens with one attached hydrogen (secondary N) is 1. The number of hydrogen-bond acceptors (Lipinski definition) is 7. The SMILES string of the molecule is CCCCCc1nnc(NC(=O)c2cnc3n(c2=O)CCS3)s1. The van der Waals surface area contributed by atoms with Crippen LogP contribution in [0.25, 0.3) is 0 Å². The van der Waals surface area contributed by atoms with Crippen molar-refractivity contribution < 1.29 is 4.79 Å². The Kier molecular flexibility index (Phi) is 5.06. The van der Waals surface area contributed by atoms with E-state index in [1.807, 2.05) is 0 Å². The number of thioether (sulfide) groups is 1. The maximum absolute atomic E-state index is 12.3. The van der Waals surface area contributed by atoms with E-state index in [1.54, 1.807) is 0 Å². The molecule has 1 amide bonds. The van der Waals surface area contributed by atoms with Gasteiger partial charge in [-0.3, -0.25) is 19.5 Å². The monoisotopic (exact) mass is 351 g/mol. The van der Waals surface area contributed by atoms with E-state index < -0.39 is 5.91 Å². The second-order valence-electron chi connectivity index (χ2n) is 5.17. The normalized spacial score (nSPS) is 13.1. The summed E-state index contributed by atoms with van der Waals surface area (Å²) in [6.45, 7) is 2.74. The Morgan fingerprint density at radius 2 is 2.26 bits per heavy atom. The van der Waals surface area contributed by atoms with Crippen LogP contribution in [0.1, 0.15) is 41.6 Å². The fourth-order valence-electron chi connectivity index (χ4n) is 2.27. The second kappa shape index (κ2) is 7.22. The summed E-state index contributed by atoms with van der Waals surface area (Å²) in [4.78, 5) is 28.7. The van der Waals surface area contributed by atoms with Crippen LogP contribution in [-0.2, 0) is 13.0 Å². The molecule has 23 heavy (non-hydrogen) atoms. The second-order valence-corrected chi connectivity index (χ2v) is 7.30. The van der Waals surface area contributed by atoms with Gasteiger partial charge in [-0.05, 0) is 6.42 Å². The van der Waals surface area contributed by atoms with E-state index in [-0.39, 0.29) is 11.1 Å². The van der Waals surface area contributed by atoms with Gasteiger partial charge >= 0.3 is 0 Å². The van der Waals surface area contributed by atoms with E-state index in [1.165, 1.54) is 33.9 Å². The van der Waals surface area contributed by atoms with E-state index >= 15 is 0 Å². The topological polar surface area (TPSA) is 89.8 Å². The van der Waals surface area contributed by atoms with Crippen LogP contribution in [0, 0.1) is 0 Å². The standard InChI is InChI=1S/C14H17N5O2S2/c1-2-3-4-5-10-17-18-13(23-10)16-11(20)9-8-15-14-19(12(9)21)6-7-22-14/h8H,2-7H2,1H3,(H,16,18,20). The number of hydrogen-bond donors (Lipinski definition) is 1. The van der Waals surface area contributed by atoms with Crippen LogP contribution in [0.15, 0.2) is 16.1 Å². The van der Waals surface area contributed by atoms with Gasteiger partial charge in [0.05, 0.1) is 0 Å². The lowest BCUT2D eigenvalue weighted by atomic mass is 10.2. The van der Waals surface area contributed by atoms with Gasteiger partial charge in [-0.2, -0.15) is 0 Å². The van der Waals surface area contributed by atoms with Crippen molar-refractivity contribution in [2.45, 2.75) is 44.3 Å². The van der Waals surface area contributed by atoms with Gasteiger partial charge in [-0.1, -0.05) is 42.9 Å². The van der Waals surface area contributed by atoms with E-state index in [2.05, 4.69) is 27.4 Å². The molecule has 2 aromatic rings. The van der Waals surface area contributed by atoms with Gasteiger partial charge < -0.3 is 0 Å². The van der Waals surface area contributed by atoms with Crippen LogP contribution in [0.3, 0.4) is 0 Å². The van der Waals surface area contributed by atoms with Gasteiger partial charge in [0.2, 0.25) is 5.13 Å². The minimum Gasteiger partial charge on any atom is -0.296 e. The highest BCUT2D eigenvalue weighted by Crippen LogP contribution is 2.21. The lowest BCUT2D eigenvalue weighted by molar-refractivity contribution is 0.102. The smallest absolute Gasteiger partial charge is 0.267 e. The molecule has 0 unspecified atom stereocenters. The van der Waals surface area contributed by atoms with Crippen LogP contribution in [0.4, 0.5) is 5.13 Å². The summed E-state index contributed by atoms with van der Waals surface area (Å²) in [5.41, 5.74) is -0.260. The maximum Gasteiger partial charge on any atom is 0.267 e. The molecule has 0 spiro atoms. The van der Waals surface area contributed by atoms with Crippen molar-refractivity contribution in [3.05, 3.63) is 27.1 Å². The first-order valence-corrected chi connectivity index (χ1v) is 9.35. The molecular formula is C14H17N5O2S2. The van der Waals surface area contributed by atoms with Crippen molar-refractivity contribution in [1.82, 2.24) is 19.7 Å². The molecule has 3 rings (SSSR count). The lowest BCUT2D eigenvalue weighted by Crippen LogP contribution is -2.29. The summed E-state index contributed by atoms with van der Waals surface area (Å²) >= 11 is 2.87. The molecule has 0 aliphatic carbocycles. The molecule has 0 fully saturated rings. The minimum absolute atomic E-state index is 0.0407. The van der Waals surface area contributed by atoms with Gasteiger partial charge in [0, 0.05) is 24.9 Å². The van der Waals surface area contributed by atoms with Gasteiger partial charge in [-0.25, -0.2) is 4.98 Å². The number of amides is 1. The zero-order valence-corrected chi connectivity index (χ0v) is 14.4. The highest BCUT2D eigenvalue weighted by Gasteiger charge is 2.20. The van der Waals surface area contributed by atoms with Gasteiger partial charge in [0.25, 0.3) is 11.5 Å². The highest BCUT2D eigenvalue weighted by molar-refractivity contribution is 7.99. The number of fused-ring (bicyclic) bond motifs is 1. The van der Waals surface area contributed by atoms with E-state index in [0.29, 0.717) is 16.8 Å². The summed E-state index contributed by atoms with van der Waals surface area (Å²) in [6.07, 6.45) is 5.56. The number of aromatic nitrogens is 4. The number of nitrogens with zero attached hydrogens (tertiary/aromatic N) is 4. The molecule has 2 aromatic heterocycles. The first-order valence-electron chi connectivity index (χ1n) is 7.55. The first kappa shape index (κ1) is 16.1. The third-order valence-electron chi connectivity index (χ3n) is 3.48. The van der Waals surface area contributed by atoms with E-state index in [4.69, 9.17) is 0 Å². The van der Waals surface area contributed by atoms with Crippen molar-refractivity contribution in [1.29, 1.82) is 0 Å². The van der Waals surface area contributed by atoms with Crippen molar-refractivity contribution in [2.24, 2.45) is 0 Å². The van der Waals surface area contributed by atoms with Crippen LogP contribution in [0.2, 0.25) is 0 Å². The van der Waals surface area contributed by atoms with Gasteiger partial charge in [0.1, 0.15) is 10.6 Å².